The summed E-state index contributed by atoms with van der Waals surface area (Å²) in [5.41, 5.74) is 3.46. The number of piperidine rings is 2. The van der Waals surface area contributed by atoms with E-state index in [-0.39, 0.29) is 65.8 Å². The molecular weight excluding hydrogens is 705 g/mol. The Morgan fingerprint density at radius 1 is 1.02 bits per heavy atom. The Balaban J connectivity index is 0.896. The number of aromatic nitrogens is 4. The van der Waals surface area contributed by atoms with Gasteiger partial charge in [0.25, 0.3) is 11.5 Å². The third-order valence-electron chi connectivity index (χ3n) is 11.8. The van der Waals surface area contributed by atoms with E-state index in [2.05, 4.69) is 30.4 Å². The second-order valence-corrected chi connectivity index (χ2v) is 15.3. The summed E-state index contributed by atoms with van der Waals surface area (Å²) in [5.74, 6) is -1.06. The molecule has 4 aromatic rings. The van der Waals surface area contributed by atoms with Crippen LogP contribution in [0.5, 0.6) is 0 Å². The zero-order chi connectivity index (χ0) is 38.5. The molecule has 2 N–H and O–H groups in total. The van der Waals surface area contributed by atoms with Gasteiger partial charge < -0.3 is 15.1 Å². The van der Waals surface area contributed by atoms with Crippen LogP contribution >= 0.6 is 0 Å². The maximum Gasteiger partial charge on any atom is 0.263 e. The fourth-order valence-electron chi connectivity index (χ4n) is 8.79. The highest BCUT2D eigenvalue weighted by Crippen LogP contribution is 2.33. The standard InChI is InChI=1S/C40H44FN9O5/c1-22-30-19-43-40(46-36(30)50(27-6-4-5-7-27)39(55)35(22)23(2)51)44-33-10-8-28(18-42-33)48-14-12-26(13-15-48)47(3)20-25-16-24-21-49(38(54)29(24)17-31(25)41)32-9-11-34(52)45-37(32)53/h8,10,16-19,26-27,32H,4-7,9,11-15,20-21H2,1-3H3,(H,45,52,53)(H,42,43,44,46). The molecule has 0 spiro atoms. The molecule has 1 saturated carbocycles. The number of nitrogens with one attached hydrogen (secondary N) is 2. The van der Waals surface area contributed by atoms with Crippen molar-refractivity contribution in [3.05, 3.63) is 80.6 Å². The van der Waals surface area contributed by atoms with E-state index in [1.807, 2.05) is 25.4 Å². The van der Waals surface area contributed by atoms with Crippen molar-refractivity contribution < 1.29 is 23.6 Å². The van der Waals surface area contributed by atoms with Crippen molar-refractivity contribution in [2.45, 2.75) is 96.4 Å². The van der Waals surface area contributed by atoms with E-state index in [0.717, 1.165) is 57.3 Å². The first-order valence-electron chi connectivity index (χ1n) is 19.0. The van der Waals surface area contributed by atoms with Gasteiger partial charge in [0.2, 0.25) is 17.8 Å². The number of rotatable bonds is 9. The van der Waals surface area contributed by atoms with Gasteiger partial charge in [-0.1, -0.05) is 12.8 Å². The van der Waals surface area contributed by atoms with Crippen molar-refractivity contribution in [2.24, 2.45) is 0 Å². The van der Waals surface area contributed by atoms with Crippen LogP contribution in [0.4, 0.5) is 21.8 Å². The second-order valence-electron chi connectivity index (χ2n) is 15.3. The second kappa shape index (κ2) is 14.6. The number of nitrogens with zero attached hydrogens (tertiary/aromatic N) is 7. The molecule has 3 aliphatic heterocycles. The molecule has 14 nitrogen and oxygen atoms in total. The largest absolute Gasteiger partial charge is 0.370 e. The highest BCUT2D eigenvalue weighted by atomic mass is 19.1. The molecule has 4 aliphatic rings. The first-order valence-corrected chi connectivity index (χ1v) is 19.0. The first kappa shape index (κ1) is 36.4. The van der Waals surface area contributed by atoms with Crippen molar-refractivity contribution in [1.82, 2.24) is 34.6 Å². The van der Waals surface area contributed by atoms with Crippen LogP contribution in [0, 0.1) is 12.7 Å². The zero-order valence-electron chi connectivity index (χ0n) is 31.2. The van der Waals surface area contributed by atoms with E-state index in [1.165, 1.54) is 17.9 Å². The molecule has 0 bridgehead atoms. The Kier molecular flexibility index (Phi) is 9.65. The van der Waals surface area contributed by atoms with Gasteiger partial charge in [0, 0.05) is 67.4 Å². The fraction of sp³-hybridized carbons (Fsp3) is 0.450. The predicted molar refractivity (Wildman–Crippen MR) is 203 cm³/mol. The van der Waals surface area contributed by atoms with Crippen LogP contribution in [0.3, 0.4) is 0 Å². The lowest BCUT2D eigenvalue weighted by Crippen LogP contribution is -2.52. The molecule has 3 amide bonds. The van der Waals surface area contributed by atoms with Crippen LogP contribution in [0.25, 0.3) is 11.0 Å². The average Bonchev–Trinajstić information content (AvgIpc) is 3.80. The summed E-state index contributed by atoms with van der Waals surface area (Å²) in [5, 5.41) is 6.18. The number of carbonyl (C=O) groups excluding carboxylic acids is 4. The summed E-state index contributed by atoms with van der Waals surface area (Å²) in [6.07, 6.45) is 9.41. The molecule has 6 heterocycles. The van der Waals surface area contributed by atoms with Gasteiger partial charge in [-0.05, 0) is 88.4 Å². The molecule has 1 unspecified atom stereocenters. The minimum atomic E-state index is -0.741. The number of halogens is 1. The molecule has 55 heavy (non-hydrogen) atoms. The molecule has 1 aliphatic carbocycles. The third-order valence-corrected chi connectivity index (χ3v) is 11.8. The Bertz CT molecular complexity index is 2280. The fourth-order valence-corrected chi connectivity index (χ4v) is 8.79. The first-order chi connectivity index (χ1) is 26.5. The number of anilines is 3. The molecule has 286 valence electrons. The molecule has 3 fully saturated rings. The molecule has 8 rings (SSSR count). The maximum atomic E-state index is 15.3. The number of carbonyl (C=O) groups is 4. The summed E-state index contributed by atoms with van der Waals surface area (Å²) in [6.45, 7) is 5.37. The van der Waals surface area contributed by atoms with Crippen LogP contribution in [-0.2, 0) is 22.7 Å². The number of hydrogen-bond acceptors (Lipinski definition) is 11. The van der Waals surface area contributed by atoms with Crippen molar-refractivity contribution in [2.75, 3.05) is 30.4 Å². The molecule has 15 heteroatoms. The lowest BCUT2D eigenvalue weighted by Gasteiger charge is -2.37. The van der Waals surface area contributed by atoms with Gasteiger partial charge in [-0.3, -0.25) is 38.8 Å². The Labute approximate surface area is 317 Å². The van der Waals surface area contributed by atoms with Crippen LogP contribution in [0.1, 0.15) is 102 Å². The summed E-state index contributed by atoms with van der Waals surface area (Å²) in [6, 6.07) is 6.37. The van der Waals surface area contributed by atoms with Gasteiger partial charge in [-0.15, -0.1) is 0 Å². The van der Waals surface area contributed by atoms with Gasteiger partial charge in [0.05, 0.1) is 17.4 Å². The predicted octanol–water partition coefficient (Wildman–Crippen LogP) is 4.56. The molecule has 2 saturated heterocycles. The summed E-state index contributed by atoms with van der Waals surface area (Å²) in [7, 11) is 1.99. The summed E-state index contributed by atoms with van der Waals surface area (Å²) in [4.78, 5) is 82.9. The number of aryl methyl sites for hydroxylation is 1. The summed E-state index contributed by atoms with van der Waals surface area (Å²) < 4.78 is 17.0. The van der Waals surface area contributed by atoms with E-state index >= 15 is 4.39 Å². The topological polar surface area (TPSA) is 163 Å². The minimum absolute atomic E-state index is 0.00938. The van der Waals surface area contributed by atoms with E-state index in [0.29, 0.717) is 46.0 Å². The molecule has 3 aromatic heterocycles. The number of benzene rings is 1. The number of pyridine rings is 2. The Morgan fingerprint density at radius 2 is 1.78 bits per heavy atom. The van der Waals surface area contributed by atoms with E-state index < -0.39 is 17.8 Å². The molecule has 1 aromatic carbocycles. The average molecular weight is 750 g/mol. The molecular formula is C40H44FN9O5. The molecule has 1 atom stereocenters. The zero-order valence-corrected chi connectivity index (χ0v) is 31.2. The number of ketones is 1. The van der Waals surface area contributed by atoms with Gasteiger partial charge in [0.15, 0.2) is 5.78 Å². The minimum Gasteiger partial charge on any atom is -0.370 e. The number of hydrogen-bond donors (Lipinski definition) is 2. The van der Waals surface area contributed by atoms with Crippen molar-refractivity contribution in [1.29, 1.82) is 0 Å². The third kappa shape index (κ3) is 6.85. The number of imide groups is 1. The van der Waals surface area contributed by atoms with Gasteiger partial charge in [-0.25, -0.2) is 14.4 Å². The molecule has 0 radical (unpaired) electrons. The van der Waals surface area contributed by atoms with Crippen LogP contribution in [0.15, 0.2) is 41.5 Å². The van der Waals surface area contributed by atoms with Crippen molar-refractivity contribution in [3.63, 3.8) is 0 Å². The van der Waals surface area contributed by atoms with Crippen molar-refractivity contribution in [3.8, 4) is 0 Å². The number of fused-ring (bicyclic) bond motifs is 2. The lowest BCUT2D eigenvalue weighted by molar-refractivity contribution is -0.136. The van der Waals surface area contributed by atoms with E-state index in [1.54, 1.807) is 23.8 Å². The van der Waals surface area contributed by atoms with Crippen LogP contribution in [-0.4, -0.2) is 85.0 Å². The van der Waals surface area contributed by atoms with E-state index in [4.69, 9.17) is 4.98 Å². The Morgan fingerprint density at radius 3 is 2.47 bits per heavy atom. The maximum absolute atomic E-state index is 15.3. The number of amides is 3. The van der Waals surface area contributed by atoms with Crippen LogP contribution in [0.2, 0.25) is 0 Å². The monoisotopic (exact) mass is 749 g/mol. The number of Topliss-reactive ketones (excluding diaryl/α,β-unsaturated/α-hetero) is 1. The van der Waals surface area contributed by atoms with E-state index in [9.17, 15) is 24.0 Å². The van der Waals surface area contributed by atoms with Crippen LogP contribution < -0.4 is 21.1 Å². The summed E-state index contributed by atoms with van der Waals surface area (Å²) >= 11 is 0. The van der Waals surface area contributed by atoms with Gasteiger partial charge in [0.1, 0.15) is 23.3 Å². The Hall–Kier alpha value is -5.57. The quantitative estimate of drug-likeness (QED) is 0.182. The lowest BCUT2D eigenvalue weighted by atomic mass is 10.0. The van der Waals surface area contributed by atoms with Crippen molar-refractivity contribution >= 4 is 52.0 Å². The SMILES string of the molecule is CC(=O)c1c(C)c2cnc(Nc3ccc(N4CCC(N(C)Cc5cc6c(cc5F)C(=O)N(C5CCC(=O)NC5=O)C6)CC4)cn3)nc2n(C2CCCC2)c1=O. The van der Waals surface area contributed by atoms with Gasteiger partial charge in [-0.2, -0.15) is 4.98 Å². The highest BCUT2D eigenvalue weighted by molar-refractivity contribution is 6.05. The normalized spacial score (nSPS) is 19.4. The highest BCUT2D eigenvalue weighted by Gasteiger charge is 2.40. The van der Waals surface area contributed by atoms with Gasteiger partial charge >= 0.3 is 0 Å². The smallest absolute Gasteiger partial charge is 0.263 e.